The lowest BCUT2D eigenvalue weighted by Gasteiger charge is -2.10. The molecule has 29 heavy (non-hydrogen) atoms. The molecule has 0 aliphatic carbocycles. The maximum atomic E-state index is 12.2. The minimum absolute atomic E-state index is 0.253. The summed E-state index contributed by atoms with van der Waals surface area (Å²) in [5, 5.41) is 5.50. The van der Waals surface area contributed by atoms with E-state index < -0.39 is 30.9 Å². The van der Waals surface area contributed by atoms with Crippen molar-refractivity contribution in [1.29, 1.82) is 0 Å². The minimum atomic E-state index is -0.758. The average molecular weight is 421 g/mol. The summed E-state index contributed by atoms with van der Waals surface area (Å²) in [5.74, 6) is -0.924. The highest BCUT2D eigenvalue weighted by Gasteiger charge is 2.13. The van der Waals surface area contributed by atoms with Crippen molar-refractivity contribution >= 4 is 35.1 Å². The molecule has 2 N–H and O–H groups in total. The van der Waals surface area contributed by atoms with Gasteiger partial charge in [-0.25, -0.2) is 0 Å². The Morgan fingerprint density at radius 2 is 1.66 bits per heavy atom. The molecule has 2 amide bonds. The number of nitrogens with one attached hydrogen (secondary N) is 2. The molecule has 0 atom stereocenters. The highest BCUT2D eigenvalue weighted by atomic mass is 35.5. The number of ether oxygens (including phenoxy) is 3. The van der Waals surface area contributed by atoms with E-state index in [2.05, 4.69) is 10.6 Å². The predicted molar refractivity (Wildman–Crippen MR) is 108 cm³/mol. The van der Waals surface area contributed by atoms with Gasteiger partial charge < -0.3 is 24.8 Å². The van der Waals surface area contributed by atoms with Gasteiger partial charge in [0, 0.05) is 22.3 Å². The van der Waals surface area contributed by atoms with Gasteiger partial charge in [-0.05, 0) is 36.8 Å². The number of esters is 1. The molecule has 0 heterocycles. The molecule has 0 fully saturated rings. The normalized spacial score (nSPS) is 10.1. The van der Waals surface area contributed by atoms with Crippen molar-refractivity contribution in [1.82, 2.24) is 5.32 Å². The van der Waals surface area contributed by atoms with Gasteiger partial charge in [0.15, 0.2) is 6.61 Å². The summed E-state index contributed by atoms with van der Waals surface area (Å²) in [7, 11) is 2.92. The molecule has 2 aromatic carbocycles. The summed E-state index contributed by atoms with van der Waals surface area (Å²) in [5.41, 5.74) is 1.59. The van der Waals surface area contributed by atoms with Gasteiger partial charge in [-0.15, -0.1) is 0 Å². The van der Waals surface area contributed by atoms with E-state index in [-0.39, 0.29) is 5.56 Å². The number of halogens is 1. The van der Waals surface area contributed by atoms with E-state index in [0.717, 1.165) is 5.56 Å². The maximum Gasteiger partial charge on any atom is 0.325 e. The first-order valence-corrected chi connectivity index (χ1v) is 8.93. The van der Waals surface area contributed by atoms with Crippen molar-refractivity contribution in [2.24, 2.45) is 0 Å². The van der Waals surface area contributed by atoms with Crippen LogP contribution in [0.15, 0.2) is 36.4 Å². The molecule has 0 aliphatic heterocycles. The summed E-state index contributed by atoms with van der Waals surface area (Å²) in [6.45, 7) is 0.913. The largest absolute Gasteiger partial charge is 0.497 e. The second-order valence-electron chi connectivity index (χ2n) is 5.95. The minimum Gasteiger partial charge on any atom is -0.497 e. The van der Waals surface area contributed by atoms with E-state index in [1.165, 1.54) is 26.4 Å². The van der Waals surface area contributed by atoms with Crippen molar-refractivity contribution in [2.75, 3.05) is 32.7 Å². The Labute approximate surface area is 173 Å². The molecule has 154 valence electrons. The van der Waals surface area contributed by atoms with E-state index in [9.17, 15) is 14.4 Å². The standard InChI is InChI=1S/C20H21ClN2O6/c1-12-4-5-14(21)8-17(12)23-18(24)11-29-19(25)10-22-20(26)13-6-15(27-2)9-16(7-13)28-3/h4-9H,10-11H2,1-3H3,(H,22,26)(H,23,24). The lowest BCUT2D eigenvalue weighted by Crippen LogP contribution is -2.32. The van der Waals surface area contributed by atoms with Gasteiger partial charge in [0.05, 0.1) is 14.2 Å². The number of carbonyl (C=O) groups is 3. The van der Waals surface area contributed by atoms with Crippen LogP contribution in [-0.4, -0.2) is 45.2 Å². The lowest BCUT2D eigenvalue weighted by atomic mass is 10.2. The van der Waals surface area contributed by atoms with Crippen LogP contribution in [0.4, 0.5) is 5.69 Å². The third-order valence-electron chi connectivity index (χ3n) is 3.84. The predicted octanol–water partition coefficient (Wildman–Crippen LogP) is 2.58. The zero-order valence-corrected chi connectivity index (χ0v) is 17.0. The van der Waals surface area contributed by atoms with Crippen molar-refractivity contribution < 1.29 is 28.6 Å². The van der Waals surface area contributed by atoms with Crippen LogP contribution in [0.5, 0.6) is 11.5 Å². The molecule has 0 bridgehead atoms. The molecule has 0 aliphatic rings. The van der Waals surface area contributed by atoms with Gasteiger partial charge in [-0.2, -0.15) is 0 Å². The van der Waals surface area contributed by atoms with Gasteiger partial charge in [-0.1, -0.05) is 17.7 Å². The zero-order valence-electron chi connectivity index (χ0n) is 16.2. The number of benzene rings is 2. The second kappa shape index (κ2) is 10.3. The summed E-state index contributed by atoms with van der Waals surface area (Å²) < 4.78 is 15.1. The number of carbonyl (C=O) groups excluding carboxylic acids is 3. The van der Waals surface area contributed by atoms with Crippen LogP contribution in [0.3, 0.4) is 0 Å². The molecular weight excluding hydrogens is 400 g/mol. The van der Waals surface area contributed by atoms with Gasteiger partial charge in [0.25, 0.3) is 11.8 Å². The van der Waals surface area contributed by atoms with Crippen molar-refractivity contribution in [3.63, 3.8) is 0 Å². The molecule has 2 rings (SSSR count). The van der Waals surface area contributed by atoms with E-state index in [1.807, 2.05) is 0 Å². The second-order valence-corrected chi connectivity index (χ2v) is 6.39. The number of aryl methyl sites for hydroxylation is 1. The third kappa shape index (κ3) is 6.69. The van der Waals surface area contributed by atoms with E-state index in [4.69, 9.17) is 25.8 Å². The molecule has 0 unspecified atom stereocenters. The zero-order chi connectivity index (χ0) is 21.4. The van der Waals surface area contributed by atoms with Crippen molar-refractivity contribution in [2.45, 2.75) is 6.92 Å². The van der Waals surface area contributed by atoms with Gasteiger partial charge >= 0.3 is 5.97 Å². The summed E-state index contributed by atoms with van der Waals surface area (Å²) >= 11 is 5.89. The fraction of sp³-hybridized carbons (Fsp3) is 0.250. The summed E-state index contributed by atoms with van der Waals surface area (Å²) in [6, 6.07) is 9.68. The fourth-order valence-corrected chi connectivity index (χ4v) is 2.48. The lowest BCUT2D eigenvalue weighted by molar-refractivity contribution is -0.146. The molecular formula is C20H21ClN2O6. The average Bonchev–Trinajstić information content (AvgIpc) is 2.72. The van der Waals surface area contributed by atoms with E-state index in [0.29, 0.717) is 22.2 Å². The Hall–Kier alpha value is -3.26. The highest BCUT2D eigenvalue weighted by Crippen LogP contribution is 2.22. The maximum absolute atomic E-state index is 12.2. The van der Waals surface area contributed by atoms with Gasteiger partial charge in [-0.3, -0.25) is 14.4 Å². The van der Waals surface area contributed by atoms with Crippen molar-refractivity contribution in [3.8, 4) is 11.5 Å². The number of methoxy groups -OCH3 is 2. The summed E-state index contributed by atoms with van der Waals surface area (Å²) in [4.78, 5) is 36.0. The topological polar surface area (TPSA) is 103 Å². The first-order chi connectivity index (χ1) is 13.8. The van der Waals surface area contributed by atoms with Crippen LogP contribution in [-0.2, 0) is 14.3 Å². The van der Waals surface area contributed by atoms with E-state index in [1.54, 1.807) is 31.2 Å². The molecule has 0 saturated carbocycles. The summed E-state index contributed by atoms with van der Waals surface area (Å²) in [6.07, 6.45) is 0. The molecule has 0 saturated heterocycles. The molecule has 0 radical (unpaired) electrons. The Morgan fingerprint density at radius 3 is 2.28 bits per heavy atom. The van der Waals surface area contributed by atoms with Crippen LogP contribution in [0.2, 0.25) is 5.02 Å². The van der Waals surface area contributed by atoms with Crippen LogP contribution in [0.1, 0.15) is 15.9 Å². The van der Waals surface area contributed by atoms with Crippen LogP contribution in [0.25, 0.3) is 0 Å². The van der Waals surface area contributed by atoms with Crippen LogP contribution < -0.4 is 20.1 Å². The van der Waals surface area contributed by atoms with Gasteiger partial charge in [0.2, 0.25) is 0 Å². The molecule has 2 aromatic rings. The first-order valence-electron chi connectivity index (χ1n) is 8.55. The molecule has 0 spiro atoms. The smallest absolute Gasteiger partial charge is 0.325 e. The monoisotopic (exact) mass is 420 g/mol. The van der Waals surface area contributed by atoms with Gasteiger partial charge in [0.1, 0.15) is 18.0 Å². The highest BCUT2D eigenvalue weighted by molar-refractivity contribution is 6.31. The number of rotatable bonds is 8. The van der Waals surface area contributed by atoms with Crippen LogP contribution in [0, 0.1) is 6.92 Å². The van der Waals surface area contributed by atoms with E-state index >= 15 is 0 Å². The Kier molecular flexibility index (Phi) is 7.85. The van der Waals surface area contributed by atoms with Crippen molar-refractivity contribution in [3.05, 3.63) is 52.5 Å². The quantitative estimate of drug-likeness (QED) is 0.636. The van der Waals surface area contributed by atoms with Crippen LogP contribution >= 0.6 is 11.6 Å². The Balaban J connectivity index is 1.83. The number of hydrogen-bond acceptors (Lipinski definition) is 6. The number of hydrogen-bond donors (Lipinski definition) is 2. The Morgan fingerprint density at radius 1 is 1.00 bits per heavy atom. The fourth-order valence-electron chi connectivity index (χ4n) is 2.31. The third-order valence-corrected chi connectivity index (χ3v) is 4.08. The molecule has 0 aromatic heterocycles. The molecule has 9 heteroatoms. The molecule has 8 nitrogen and oxygen atoms in total. The SMILES string of the molecule is COc1cc(OC)cc(C(=O)NCC(=O)OCC(=O)Nc2cc(Cl)ccc2C)c1. The first kappa shape index (κ1) is 22.0. The number of anilines is 1. The number of amides is 2. The Bertz CT molecular complexity index is 894.